The summed E-state index contributed by atoms with van der Waals surface area (Å²) < 4.78 is 6.05. The average molecular weight is 442 g/mol. The Hall–Kier alpha value is -2.91. The van der Waals surface area contributed by atoms with E-state index in [1.54, 1.807) is 0 Å². The van der Waals surface area contributed by atoms with Crippen molar-refractivity contribution in [1.29, 1.82) is 0 Å². The standard InChI is InChI=1S/C30H35NO2/c1-23(2)30(28-19-27(20-29(32)33-28)18-24-12-6-3-7-13-24)31(21-25-14-8-4-9-15-25)22-26-16-10-5-11-17-26/h3-17,23,27-28,30H,18-22H2,1-2H3. The van der Waals surface area contributed by atoms with Crippen LogP contribution in [0.2, 0.25) is 0 Å². The fourth-order valence-electron chi connectivity index (χ4n) is 5.21. The molecule has 3 aromatic rings. The second-order valence-corrected chi connectivity index (χ2v) is 9.63. The van der Waals surface area contributed by atoms with E-state index in [0.29, 0.717) is 18.3 Å². The van der Waals surface area contributed by atoms with E-state index >= 15 is 0 Å². The molecule has 3 heteroatoms. The van der Waals surface area contributed by atoms with Gasteiger partial charge in [0.25, 0.3) is 0 Å². The second kappa shape index (κ2) is 11.3. The van der Waals surface area contributed by atoms with Crippen molar-refractivity contribution in [3.05, 3.63) is 108 Å². The molecule has 1 aliphatic heterocycles. The summed E-state index contributed by atoms with van der Waals surface area (Å²) in [6, 6.07) is 31.9. The van der Waals surface area contributed by atoms with E-state index in [1.165, 1.54) is 16.7 Å². The number of hydrogen-bond donors (Lipinski definition) is 0. The second-order valence-electron chi connectivity index (χ2n) is 9.63. The molecule has 172 valence electrons. The first-order valence-corrected chi connectivity index (χ1v) is 12.1. The molecule has 1 aliphatic rings. The van der Waals surface area contributed by atoms with Crippen molar-refractivity contribution >= 4 is 5.97 Å². The highest BCUT2D eigenvalue weighted by Crippen LogP contribution is 2.32. The molecule has 1 heterocycles. The van der Waals surface area contributed by atoms with Crippen molar-refractivity contribution in [2.75, 3.05) is 0 Å². The Morgan fingerprint density at radius 3 is 1.76 bits per heavy atom. The predicted octanol–water partition coefficient (Wildman–Crippen LogP) is 6.28. The van der Waals surface area contributed by atoms with Crippen molar-refractivity contribution in [3.8, 4) is 0 Å². The zero-order valence-corrected chi connectivity index (χ0v) is 19.8. The van der Waals surface area contributed by atoms with Crippen LogP contribution in [0.5, 0.6) is 0 Å². The molecule has 0 amide bonds. The lowest BCUT2D eigenvalue weighted by atomic mass is 9.83. The number of benzene rings is 3. The first-order valence-electron chi connectivity index (χ1n) is 12.1. The highest BCUT2D eigenvalue weighted by Gasteiger charge is 2.38. The molecule has 0 bridgehead atoms. The van der Waals surface area contributed by atoms with Crippen LogP contribution in [-0.2, 0) is 29.0 Å². The van der Waals surface area contributed by atoms with Crippen molar-refractivity contribution in [2.45, 2.75) is 58.3 Å². The SMILES string of the molecule is CC(C)C(C1CC(Cc2ccccc2)CC(=O)O1)N(Cc1ccccc1)Cc1ccccc1. The predicted molar refractivity (Wildman–Crippen MR) is 134 cm³/mol. The number of hydrogen-bond acceptors (Lipinski definition) is 3. The lowest BCUT2D eigenvalue weighted by Crippen LogP contribution is -2.50. The van der Waals surface area contributed by atoms with Gasteiger partial charge in [0.2, 0.25) is 0 Å². The summed E-state index contributed by atoms with van der Waals surface area (Å²) in [7, 11) is 0. The highest BCUT2D eigenvalue weighted by molar-refractivity contribution is 5.70. The number of esters is 1. The number of rotatable bonds is 9. The molecule has 0 N–H and O–H groups in total. The van der Waals surface area contributed by atoms with Gasteiger partial charge in [-0.05, 0) is 41.4 Å². The van der Waals surface area contributed by atoms with Crippen LogP contribution in [0.1, 0.15) is 43.4 Å². The van der Waals surface area contributed by atoms with Crippen LogP contribution >= 0.6 is 0 Å². The first-order chi connectivity index (χ1) is 16.1. The minimum absolute atomic E-state index is 0.0581. The Kier molecular flexibility index (Phi) is 7.96. The van der Waals surface area contributed by atoms with E-state index in [9.17, 15) is 4.79 Å². The number of carbonyl (C=O) groups excluding carboxylic acids is 1. The fourth-order valence-corrected chi connectivity index (χ4v) is 5.21. The van der Waals surface area contributed by atoms with Gasteiger partial charge in [-0.15, -0.1) is 0 Å². The maximum atomic E-state index is 12.7. The van der Waals surface area contributed by atoms with Gasteiger partial charge in [0.1, 0.15) is 6.10 Å². The molecule has 0 saturated carbocycles. The molecule has 3 unspecified atom stereocenters. The molecule has 0 spiro atoms. The van der Waals surface area contributed by atoms with E-state index in [2.05, 4.69) is 104 Å². The number of nitrogens with zero attached hydrogens (tertiary/aromatic N) is 1. The zero-order chi connectivity index (χ0) is 23.0. The molecule has 1 saturated heterocycles. The van der Waals surface area contributed by atoms with Crippen molar-refractivity contribution in [2.24, 2.45) is 11.8 Å². The van der Waals surface area contributed by atoms with Gasteiger partial charge in [0.05, 0.1) is 0 Å². The Labute approximate surface area is 198 Å². The van der Waals surface area contributed by atoms with Gasteiger partial charge in [-0.1, -0.05) is 105 Å². The molecule has 1 fully saturated rings. The van der Waals surface area contributed by atoms with Crippen LogP contribution in [0.15, 0.2) is 91.0 Å². The normalized spacial score (nSPS) is 19.5. The molecule has 33 heavy (non-hydrogen) atoms. The Bertz CT molecular complexity index is 946. The van der Waals surface area contributed by atoms with Crippen LogP contribution in [0.25, 0.3) is 0 Å². The Morgan fingerprint density at radius 2 is 1.27 bits per heavy atom. The summed E-state index contributed by atoms with van der Waals surface area (Å²) in [5, 5.41) is 0. The molecule has 4 rings (SSSR count). The third kappa shape index (κ3) is 6.55. The van der Waals surface area contributed by atoms with E-state index in [4.69, 9.17) is 4.74 Å². The summed E-state index contributed by atoms with van der Waals surface area (Å²) >= 11 is 0. The summed E-state index contributed by atoms with van der Waals surface area (Å²) in [5.74, 6) is 0.609. The minimum Gasteiger partial charge on any atom is -0.461 e. The van der Waals surface area contributed by atoms with Gasteiger partial charge in [-0.25, -0.2) is 0 Å². The summed E-state index contributed by atoms with van der Waals surface area (Å²) in [6.07, 6.45) is 2.23. The number of ether oxygens (including phenoxy) is 1. The number of carbonyl (C=O) groups is 1. The lowest BCUT2D eigenvalue weighted by Gasteiger charge is -2.42. The third-order valence-corrected chi connectivity index (χ3v) is 6.61. The summed E-state index contributed by atoms with van der Waals surface area (Å²) in [4.78, 5) is 15.2. The van der Waals surface area contributed by atoms with Gasteiger partial charge < -0.3 is 4.74 Å². The lowest BCUT2D eigenvalue weighted by molar-refractivity contribution is -0.163. The van der Waals surface area contributed by atoms with Crippen molar-refractivity contribution in [1.82, 2.24) is 4.90 Å². The largest absolute Gasteiger partial charge is 0.461 e. The maximum Gasteiger partial charge on any atom is 0.306 e. The van der Waals surface area contributed by atoms with Crippen LogP contribution < -0.4 is 0 Å². The zero-order valence-electron chi connectivity index (χ0n) is 19.8. The maximum absolute atomic E-state index is 12.7. The highest BCUT2D eigenvalue weighted by atomic mass is 16.5. The Balaban J connectivity index is 1.58. The van der Waals surface area contributed by atoms with Crippen LogP contribution in [-0.4, -0.2) is 23.0 Å². The van der Waals surface area contributed by atoms with Crippen LogP contribution in [0.4, 0.5) is 0 Å². The van der Waals surface area contributed by atoms with E-state index in [0.717, 1.165) is 25.9 Å². The molecule has 0 radical (unpaired) electrons. The Morgan fingerprint density at radius 1 is 0.788 bits per heavy atom. The monoisotopic (exact) mass is 441 g/mol. The minimum atomic E-state index is -0.104. The molecule has 0 aliphatic carbocycles. The molecule has 0 aromatic heterocycles. The van der Waals surface area contributed by atoms with Crippen molar-refractivity contribution < 1.29 is 9.53 Å². The molecular formula is C30H35NO2. The average Bonchev–Trinajstić information content (AvgIpc) is 2.80. The molecule has 3 nitrogen and oxygen atoms in total. The fraction of sp³-hybridized carbons (Fsp3) is 0.367. The van der Waals surface area contributed by atoms with Gasteiger partial charge in [-0.2, -0.15) is 0 Å². The van der Waals surface area contributed by atoms with E-state index in [1.807, 2.05) is 6.07 Å². The van der Waals surface area contributed by atoms with E-state index in [-0.39, 0.29) is 18.1 Å². The topological polar surface area (TPSA) is 29.5 Å². The third-order valence-electron chi connectivity index (χ3n) is 6.61. The smallest absolute Gasteiger partial charge is 0.306 e. The van der Waals surface area contributed by atoms with Crippen LogP contribution in [0.3, 0.4) is 0 Å². The first kappa shape index (κ1) is 23.3. The number of cyclic esters (lactones) is 1. The van der Waals surface area contributed by atoms with Crippen molar-refractivity contribution in [3.63, 3.8) is 0 Å². The van der Waals surface area contributed by atoms with Gasteiger partial charge in [0.15, 0.2) is 0 Å². The van der Waals surface area contributed by atoms with Crippen LogP contribution in [0, 0.1) is 11.8 Å². The molecular weight excluding hydrogens is 406 g/mol. The van der Waals surface area contributed by atoms with Gasteiger partial charge in [-0.3, -0.25) is 9.69 Å². The summed E-state index contributed by atoms with van der Waals surface area (Å²) in [5.41, 5.74) is 3.85. The summed E-state index contributed by atoms with van der Waals surface area (Å²) in [6.45, 7) is 6.16. The quantitative estimate of drug-likeness (QED) is 0.366. The molecule has 3 aromatic carbocycles. The molecule has 3 atom stereocenters. The van der Waals surface area contributed by atoms with E-state index < -0.39 is 0 Å². The van der Waals surface area contributed by atoms with Gasteiger partial charge in [0, 0.05) is 25.6 Å². The van der Waals surface area contributed by atoms with Gasteiger partial charge >= 0.3 is 5.97 Å².